The third kappa shape index (κ3) is 8.25. The van der Waals surface area contributed by atoms with Crippen LogP contribution in [0.3, 0.4) is 0 Å². The second-order valence-electron chi connectivity index (χ2n) is 9.83. The van der Waals surface area contributed by atoms with Gasteiger partial charge >= 0.3 is 0 Å². The molecule has 0 aliphatic carbocycles. The van der Waals surface area contributed by atoms with Crippen LogP contribution in [0.25, 0.3) is 0 Å². The van der Waals surface area contributed by atoms with Gasteiger partial charge in [-0.2, -0.15) is 0 Å². The van der Waals surface area contributed by atoms with Crippen LogP contribution in [0.4, 0.5) is 5.69 Å². The number of hydrogen-bond donors (Lipinski definition) is 1. The summed E-state index contributed by atoms with van der Waals surface area (Å²) in [5.74, 6) is -0.133. The molecule has 0 radical (unpaired) electrons. The number of hydrogen-bond acceptors (Lipinski definition) is 6. The third-order valence-corrected chi connectivity index (χ3v) is 9.12. The molecule has 3 rings (SSSR count). The smallest absolute Gasteiger partial charge is 0.264 e. The number of benzene rings is 3. The summed E-state index contributed by atoms with van der Waals surface area (Å²) in [5, 5.41) is 2.89. The number of rotatable bonds is 14. The van der Waals surface area contributed by atoms with Crippen molar-refractivity contribution in [3.05, 3.63) is 82.3 Å². The molecule has 0 saturated carbocycles. The van der Waals surface area contributed by atoms with E-state index in [1.807, 2.05) is 38.1 Å². The summed E-state index contributed by atoms with van der Waals surface area (Å²) < 4.78 is 40.7. The van der Waals surface area contributed by atoms with Crippen LogP contribution in [-0.2, 0) is 26.2 Å². The van der Waals surface area contributed by atoms with Crippen molar-refractivity contribution in [2.24, 2.45) is 0 Å². The molecule has 42 heavy (non-hydrogen) atoms. The van der Waals surface area contributed by atoms with E-state index in [0.717, 1.165) is 32.7 Å². The Hall–Kier alpha value is -3.57. The topological polar surface area (TPSA) is 105 Å². The van der Waals surface area contributed by atoms with E-state index in [-0.39, 0.29) is 23.0 Å². The maximum atomic E-state index is 14.1. The predicted octanol–water partition coefficient (Wildman–Crippen LogP) is 5.30. The molecular formula is C31H38BrN3O6S. The van der Waals surface area contributed by atoms with Gasteiger partial charge in [0, 0.05) is 23.6 Å². The van der Waals surface area contributed by atoms with Crippen LogP contribution in [0.15, 0.2) is 76.1 Å². The number of nitrogens with one attached hydrogen (secondary N) is 1. The molecule has 0 fully saturated rings. The summed E-state index contributed by atoms with van der Waals surface area (Å²) in [6.07, 6.45) is 1.72. The quantitative estimate of drug-likeness (QED) is 0.235. The molecule has 0 bridgehead atoms. The van der Waals surface area contributed by atoms with Gasteiger partial charge in [-0.05, 0) is 62.2 Å². The van der Waals surface area contributed by atoms with Gasteiger partial charge in [-0.15, -0.1) is 0 Å². The lowest BCUT2D eigenvalue weighted by atomic mass is 10.1. The van der Waals surface area contributed by atoms with E-state index in [1.165, 1.54) is 37.3 Å². The van der Waals surface area contributed by atoms with Crippen LogP contribution in [0.5, 0.6) is 11.5 Å². The zero-order valence-electron chi connectivity index (χ0n) is 24.6. The van der Waals surface area contributed by atoms with Gasteiger partial charge in [-0.1, -0.05) is 59.1 Å². The first-order valence-electron chi connectivity index (χ1n) is 13.6. The molecule has 226 valence electrons. The Morgan fingerprint density at radius 2 is 1.60 bits per heavy atom. The largest absolute Gasteiger partial charge is 0.493 e. The van der Waals surface area contributed by atoms with Crippen molar-refractivity contribution in [1.29, 1.82) is 0 Å². The summed E-state index contributed by atoms with van der Waals surface area (Å²) in [6, 6.07) is 17.6. The number of ether oxygens (including phenoxy) is 2. The molecule has 0 aromatic heterocycles. The second-order valence-corrected chi connectivity index (χ2v) is 12.6. The molecule has 1 atom stereocenters. The molecule has 0 heterocycles. The Balaban J connectivity index is 2.05. The van der Waals surface area contributed by atoms with Gasteiger partial charge in [0.2, 0.25) is 11.8 Å². The molecule has 2 amide bonds. The first kappa shape index (κ1) is 32.9. The summed E-state index contributed by atoms with van der Waals surface area (Å²) in [5.41, 5.74) is 1.90. The molecule has 11 heteroatoms. The maximum absolute atomic E-state index is 14.1. The minimum atomic E-state index is -4.20. The van der Waals surface area contributed by atoms with Crippen molar-refractivity contribution in [3.63, 3.8) is 0 Å². The highest BCUT2D eigenvalue weighted by Gasteiger charge is 2.33. The zero-order valence-corrected chi connectivity index (χ0v) is 27.0. The van der Waals surface area contributed by atoms with Gasteiger partial charge in [0.05, 0.1) is 24.8 Å². The average molecular weight is 661 g/mol. The highest BCUT2D eigenvalue weighted by Crippen LogP contribution is 2.34. The normalized spacial score (nSPS) is 11.9. The van der Waals surface area contributed by atoms with Crippen LogP contribution in [0.1, 0.15) is 37.8 Å². The lowest BCUT2D eigenvalue weighted by molar-refractivity contribution is -0.139. The number of nitrogens with zero attached hydrogens (tertiary/aromatic N) is 2. The number of sulfonamides is 1. The number of carbonyl (C=O) groups is 2. The van der Waals surface area contributed by atoms with E-state index >= 15 is 0 Å². The Morgan fingerprint density at radius 1 is 0.952 bits per heavy atom. The van der Waals surface area contributed by atoms with Gasteiger partial charge in [0.1, 0.15) is 12.6 Å². The molecule has 9 nitrogen and oxygen atoms in total. The lowest BCUT2D eigenvalue weighted by Crippen LogP contribution is -2.51. The van der Waals surface area contributed by atoms with Gasteiger partial charge in [0.15, 0.2) is 11.5 Å². The van der Waals surface area contributed by atoms with Crippen molar-refractivity contribution in [3.8, 4) is 11.5 Å². The molecule has 3 aromatic carbocycles. The number of aryl methyl sites for hydroxylation is 1. The van der Waals surface area contributed by atoms with Crippen LogP contribution in [0, 0.1) is 6.92 Å². The number of anilines is 1. The van der Waals surface area contributed by atoms with E-state index < -0.39 is 28.5 Å². The van der Waals surface area contributed by atoms with Crippen molar-refractivity contribution in [1.82, 2.24) is 10.2 Å². The second kappa shape index (κ2) is 15.1. The molecule has 3 aromatic rings. The highest BCUT2D eigenvalue weighted by atomic mass is 79.9. The maximum Gasteiger partial charge on any atom is 0.264 e. The minimum absolute atomic E-state index is 0.0282. The average Bonchev–Trinajstić information content (AvgIpc) is 2.98. The van der Waals surface area contributed by atoms with Crippen molar-refractivity contribution in [2.45, 2.75) is 51.1 Å². The zero-order chi connectivity index (χ0) is 30.9. The SMILES string of the molecule is CCCCNC(=O)[C@H](C)N(Cc1ccc(Br)cc1)C(=O)CN(c1ccc(OC)c(OC)c1)S(=O)(=O)c1ccc(C)cc1. The minimum Gasteiger partial charge on any atom is -0.493 e. The molecule has 0 aliphatic rings. The lowest BCUT2D eigenvalue weighted by Gasteiger charge is -2.32. The molecule has 0 unspecified atom stereocenters. The number of halogens is 1. The fraction of sp³-hybridized carbons (Fsp3) is 0.355. The Morgan fingerprint density at radius 3 is 2.19 bits per heavy atom. The highest BCUT2D eigenvalue weighted by molar-refractivity contribution is 9.10. The van der Waals surface area contributed by atoms with Gasteiger partial charge in [0.25, 0.3) is 10.0 Å². The van der Waals surface area contributed by atoms with Crippen molar-refractivity contribution >= 4 is 43.5 Å². The standard InChI is InChI=1S/C31H38BrN3O6S/c1-6-7-18-33-31(37)23(3)34(20-24-10-12-25(32)13-11-24)30(36)21-35(26-14-17-28(40-4)29(19-26)41-5)42(38,39)27-15-8-22(2)9-16-27/h8-17,19,23H,6-7,18,20-21H2,1-5H3,(H,33,37)/t23-/m0/s1. The molecule has 0 spiro atoms. The Kier molecular flexibility index (Phi) is 11.8. The summed E-state index contributed by atoms with van der Waals surface area (Å²) in [6.45, 7) is 5.58. The Labute approximate surface area is 257 Å². The van der Waals surface area contributed by atoms with Gasteiger partial charge in [-0.3, -0.25) is 13.9 Å². The molecular weight excluding hydrogens is 622 g/mol. The van der Waals surface area contributed by atoms with Gasteiger partial charge < -0.3 is 19.7 Å². The Bertz CT molecular complexity index is 1460. The summed E-state index contributed by atoms with van der Waals surface area (Å²) in [7, 11) is -1.27. The molecule has 0 saturated heterocycles. The summed E-state index contributed by atoms with van der Waals surface area (Å²) >= 11 is 3.42. The first-order chi connectivity index (χ1) is 20.0. The summed E-state index contributed by atoms with van der Waals surface area (Å²) in [4.78, 5) is 28.6. The number of methoxy groups -OCH3 is 2. The first-order valence-corrected chi connectivity index (χ1v) is 15.9. The third-order valence-electron chi connectivity index (χ3n) is 6.81. The van der Waals surface area contributed by atoms with E-state index in [9.17, 15) is 18.0 Å². The fourth-order valence-electron chi connectivity index (χ4n) is 4.25. The van der Waals surface area contributed by atoms with Crippen LogP contribution < -0.4 is 19.1 Å². The van der Waals surface area contributed by atoms with E-state index in [0.29, 0.717) is 18.0 Å². The van der Waals surface area contributed by atoms with Crippen molar-refractivity contribution in [2.75, 3.05) is 31.6 Å². The van der Waals surface area contributed by atoms with E-state index in [4.69, 9.17) is 9.47 Å². The number of carbonyl (C=O) groups excluding carboxylic acids is 2. The van der Waals surface area contributed by atoms with Crippen LogP contribution in [0.2, 0.25) is 0 Å². The fourth-order valence-corrected chi connectivity index (χ4v) is 5.92. The van der Waals surface area contributed by atoms with Crippen molar-refractivity contribution < 1.29 is 27.5 Å². The number of amides is 2. The molecule has 1 N–H and O–H groups in total. The van der Waals surface area contributed by atoms with Crippen LogP contribution in [-0.4, -0.2) is 58.5 Å². The van der Waals surface area contributed by atoms with E-state index in [1.54, 1.807) is 31.2 Å². The molecule has 0 aliphatic heterocycles. The number of unbranched alkanes of at least 4 members (excludes halogenated alkanes) is 1. The van der Waals surface area contributed by atoms with Crippen LogP contribution >= 0.6 is 15.9 Å². The van der Waals surface area contributed by atoms with E-state index in [2.05, 4.69) is 21.2 Å². The monoisotopic (exact) mass is 659 g/mol. The van der Waals surface area contributed by atoms with Gasteiger partial charge in [-0.25, -0.2) is 8.42 Å². The predicted molar refractivity (Wildman–Crippen MR) is 167 cm³/mol.